The third-order valence-electron chi connectivity index (χ3n) is 3.16. The molecule has 2 aromatic carbocycles. The van der Waals surface area contributed by atoms with Crippen molar-refractivity contribution in [2.45, 2.75) is 6.10 Å². The molecular formula is C16H11BrClNO. The van der Waals surface area contributed by atoms with Gasteiger partial charge in [-0.15, -0.1) is 0 Å². The maximum Gasteiger partial charge on any atom is 0.124 e. The lowest BCUT2D eigenvalue weighted by Gasteiger charge is -2.14. The SMILES string of the molecule is OC(c1ccccc1Cl)c1nc2ccccc2cc1Br. The van der Waals surface area contributed by atoms with Gasteiger partial charge < -0.3 is 5.11 Å². The predicted molar refractivity (Wildman–Crippen MR) is 85.0 cm³/mol. The van der Waals surface area contributed by atoms with E-state index in [0.717, 1.165) is 15.4 Å². The lowest BCUT2D eigenvalue weighted by molar-refractivity contribution is 0.215. The van der Waals surface area contributed by atoms with Crippen molar-refractivity contribution in [2.24, 2.45) is 0 Å². The van der Waals surface area contributed by atoms with Crippen LogP contribution in [0.15, 0.2) is 59.1 Å². The van der Waals surface area contributed by atoms with Gasteiger partial charge in [-0.2, -0.15) is 0 Å². The Bertz CT molecular complexity index is 775. The van der Waals surface area contributed by atoms with Crippen molar-refractivity contribution in [3.63, 3.8) is 0 Å². The third kappa shape index (κ3) is 2.44. The first-order valence-corrected chi connectivity index (χ1v) is 7.31. The van der Waals surface area contributed by atoms with Gasteiger partial charge in [0.1, 0.15) is 6.10 Å². The van der Waals surface area contributed by atoms with Crippen LogP contribution in [0.2, 0.25) is 5.02 Å². The molecule has 0 aliphatic heterocycles. The molecule has 1 aromatic heterocycles. The number of hydrogen-bond donors (Lipinski definition) is 1. The minimum Gasteiger partial charge on any atom is -0.382 e. The van der Waals surface area contributed by atoms with Crippen LogP contribution in [-0.2, 0) is 0 Å². The molecule has 4 heteroatoms. The van der Waals surface area contributed by atoms with E-state index in [-0.39, 0.29) is 0 Å². The fraction of sp³-hybridized carbons (Fsp3) is 0.0625. The van der Waals surface area contributed by atoms with E-state index in [0.29, 0.717) is 16.3 Å². The summed E-state index contributed by atoms with van der Waals surface area (Å²) in [6.07, 6.45) is -0.859. The van der Waals surface area contributed by atoms with Gasteiger partial charge in [0.2, 0.25) is 0 Å². The van der Waals surface area contributed by atoms with Crippen molar-refractivity contribution in [1.29, 1.82) is 0 Å². The second kappa shape index (κ2) is 5.52. The minimum absolute atomic E-state index is 0.529. The van der Waals surface area contributed by atoms with Crippen molar-refractivity contribution in [2.75, 3.05) is 0 Å². The zero-order chi connectivity index (χ0) is 14.1. The molecule has 0 fully saturated rings. The Morgan fingerprint density at radius 2 is 1.75 bits per heavy atom. The smallest absolute Gasteiger partial charge is 0.124 e. The molecule has 1 atom stereocenters. The quantitative estimate of drug-likeness (QED) is 0.726. The molecule has 3 aromatic rings. The number of benzene rings is 2. The lowest BCUT2D eigenvalue weighted by atomic mass is 10.0. The van der Waals surface area contributed by atoms with E-state index in [2.05, 4.69) is 20.9 Å². The number of halogens is 2. The Labute approximate surface area is 130 Å². The average Bonchev–Trinajstić information content (AvgIpc) is 2.46. The van der Waals surface area contributed by atoms with Crippen LogP contribution in [0.3, 0.4) is 0 Å². The zero-order valence-electron chi connectivity index (χ0n) is 10.4. The topological polar surface area (TPSA) is 33.1 Å². The highest BCUT2D eigenvalue weighted by Crippen LogP contribution is 2.32. The first-order chi connectivity index (χ1) is 9.66. The fourth-order valence-corrected chi connectivity index (χ4v) is 2.93. The summed E-state index contributed by atoms with van der Waals surface area (Å²) in [6, 6.07) is 17.0. The molecule has 2 nitrogen and oxygen atoms in total. The van der Waals surface area contributed by atoms with Crippen molar-refractivity contribution in [3.05, 3.63) is 75.4 Å². The van der Waals surface area contributed by atoms with Gasteiger partial charge in [0.05, 0.1) is 11.2 Å². The summed E-state index contributed by atoms with van der Waals surface area (Å²) in [5.41, 5.74) is 2.06. The van der Waals surface area contributed by atoms with Crippen molar-refractivity contribution in [1.82, 2.24) is 4.98 Å². The number of pyridine rings is 1. The Balaban J connectivity index is 2.14. The molecule has 1 heterocycles. The first-order valence-electron chi connectivity index (χ1n) is 6.14. The van der Waals surface area contributed by atoms with Gasteiger partial charge in [-0.25, -0.2) is 4.98 Å². The predicted octanol–water partition coefficient (Wildman–Crippen LogP) is 4.73. The summed E-state index contributed by atoms with van der Waals surface area (Å²) in [7, 11) is 0. The molecule has 0 aliphatic carbocycles. The molecule has 1 N–H and O–H groups in total. The molecule has 1 unspecified atom stereocenters. The van der Waals surface area contributed by atoms with Gasteiger partial charge in [-0.3, -0.25) is 0 Å². The summed E-state index contributed by atoms with van der Waals surface area (Å²) in [6.45, 7) is 0. The van der Waals surface area contributed by atoms with E-state index >= 15 is 0 Å². The molecule has 0 spiro atoms. The first kappa shape index (κ1) is 13.6. The number of aromatic nitrogens is 1. The van der Waals surface area contributed by atoms with Crippen LogP contribution in [0.25, 0.3) is 10.9 Å². The summed E-state index contributed by atoms with van der Waals surface area (Å²) >= 11 is 9.61. The van der Waals surface area contributed by atoms with E-state index in [9.17, 15) is 5.11 Å². The number of aliphatic hydroxyl groups is 1. The number of aliphatic hydroxyl groups excluding tert-OH is 1. The van der Waals surface area contributed by atoms with Crippen molar-refractivity contribution >= 4 is 38.4 Å². The Morgan fingerprint density at radius 1 is 1.05 bits per heavy atom. The summed E-state index contributed by atoms with van der Waals surface area (Å²) in [5, 5.41) is 12.1. The highest BCUT2D eigenvalue weighted by atomic mass is 79.9. The summed E-state index contributed by atoms with van der Waals surface area (Å²) < 4.78 is 0.767. The third-order valence-corrected chi connectivity index (χ3v) is 4.14. The Morgan fingerprint density at radius 3 is 2.55 bits per heavy atom. The molecule has 20 heavy (non-hydrogen) atoms. The van der Waals surface area contributed by atoms with E-state index < -0.39 is 6.10 Å². The van der Waals surface area contributed by atoms with Crippen molar-refractivity contribution < 1.29 is 5.11 Å². The maximum absolute atomic E-state index is 10.5. The van der Waals surface area contributed by atoms with Gasteiger partial charge in [-0.1, -0.05) is 48.0 Å². The van der Waals surface area contributed by atoms with E-state index in [4.69, 9.17) is 11.6 Å². The van der Waals surface area contributed by atoms with E-state index in [1.807, 2.05) is 42.5 Å². The fourth-order valence-electron chi connectivity index (χ4n) is 2.14. The molecule has 0 saturated heterocycles. The number of nitrogens with zero attached hydrogens (tertiary/aromatic N) is 1. The average molecular weight is 349 g/mol. The monoisotopic (exact) mass is 347 g/mol. The van der Waals surface area contributed by atoms with Gasteiger partial charge in [0.25, 0.3) is 0 Å². The number of hydrogen-bond acceptors (Lipinski definition) is 2. The normalized spacial score (nSPS) is 12.6. The highest BCUT2D eigenvalue weighted by molar-refractivity contribution is 9.10. The van der Waals surface area contributed by atoms with Gasteiger partial charge >= 0.3 is 0 Å². The summed E-state index contributed by atoms with van der Waals surface area (Å²) in [5.74, 6) is 0. The van der Waals surface area contributed by atoms with Crippen LogP contribution >= 0.6 is 27.5 Å². The molecule has 3 rings (SSSR count). The second-order valence-electron chi connectivity index (χ2n) is 4.47. The zero-order valence-corrected chi connectivity index (χ0v) is 12.8. The van der Waals surface area contributed by atoms with Crippen LogP contribution in [0.4, 0.5) is 0 Å². The van der Waals surface area contributed by atoms with Crippen LogP contribution in [0.5, 0.6) is 0 Å². The van der Waals surface area contributed by atoms with E-state index in [1.54, 1.807) is 12.1 Å². The Kier molecular flexibility index (Phi) is 3.74. The number of rotatable bonds is 2. The van der Waals surface area contributed by atoms with Crippen LogP contribution in [-0.4, -0.2) is 10.1 Å². The van der Waals surface area contributed by atoms with Crippen LogP contribution in [0.1, 0.15) is 17.4 Å². The molecular weight excluding hydrogens is 338 g/mol. The van der Waals surface area contributed by atoms with Gasteiger partial charge in [0, 0.05) is 20.4 Å². The molecule has 0 saturated carbocycles. The van der Waals surface area contributed by atoms with Gasteiger partial charge in [-0.05, 0) is 34.1 Å². The largest absolute Gasteiger partial charge is 0.382 e. The van der Waals surface area contributed by atoms with Crippen LogP contribution in [0, 0.1) is 0 Å². The number of fused-ring (bicyclic) bond motifs is 1. The molecule has 0 bridgehead atoms. The Hall–Kier alpha value is -1.42. The van der Waals surface area contributed by atoms with Gasteiger partial charge in [0.15, 0.2) is 0 Å². The lowest BCUT2D eigenvalue weighted by Crippen LogP contribution is -2.04. The van der Waals surface area contributed by atoms with E-state index in [1.165, 1.54) is 0 Å². The molecule has 100 valence electrons. The molecule has 0 aliphatic rings. The number of para-hydroxylation sites is 1. The molecule has 0 radical (unpaired) electrons. The standard InChI is InChI=1S/C16H11BrClNO/c17-12-9-10-5-1-4-8-14(10)19-15(12)16(20)11-6-2-3-7-13(11)18/h1-9,16,20H. The minimum atomic E-state index is -0.859. The highest BCUT2D eigenvalue weighted by Gasteiger charge is 2.18. The summed E-state index contributed by atoms with van der Waals surface area (Å²) in [4.78, 5) is 4.54. The van der Waals surface area contributed by atoms with Crippen LogP contribution < -0.4 is 0 Å². The second-order valence-corrected chi connectivity index (χ2v) is 5.73. The maximum atomic E-state index is 10.5. The molecule has 0 amide bonds. The van der Waals surface area contributed by atoms with Crippen molar-refractivity contribution in [3.8, 4) is 0 Å².